The van der Waals surface area contributed by atoms with E-state index in [9.17, 15) is 27.6 Å². The summed E-state index contributed by atoms with van der Waals surface area (Å²) in [6.45, 7) is 0.525. The number of hydrogen-bond donors (Lipinski definition) is 1. The molecule has 1 aromatic carbocycles. The van der Waals surface area contributed by atoms with Gasteiger partial charge in [-0.2, -0.15) is 13.2 Å². The molecule has 6 nitrogen and oxygen atoms in total. The Morgan fingerprint density at radius 3 is 2.56 bits per heavy atom. The number of alkyl halides is 3. The minimum Gasteiger partial charge on any atom is -0.354 e. The Bertz CT molecular complexity index is 724. The van der Waals surface area contributed by atoms with Crippen LogP contribution in [-0.2, 0) is 14.4 Å². The summed E-state index contributed by atoms with van der Waals surface area (Å²) in [5.41, 5.74) is 0.772. The fraction of sp³-hybridized carbons (Fsp3) is 0.500. The van der Waals surface area contributed by atoms with E-state index in [2.05, 4.69) is 5.32 Å². The summed E-state index contributed by atoms with van der Waals surface area (Å²) in [6.07, 6.45) is -4.18. The third kappa shape index (κ3) is 4.23. The first kappa shape index (κ1) is 19.2. The highest BCUT2D eigenvalue weighted by Crippen LogP contribution is 2.27. The SMILES string of the molecule is O=C(NCC1CC(=O)N(c2ccccc2)C1)C1CCCN1C(=O)C(F)(F)F. The Labute approximate surface area is 154 Å². The third-order valence-corrected chi connectivity index (χ3v) is 4.90. The number of carbonyl (C=O) groups is 3. The number of carbonyl (C=O) groups excluding carboxylic acids is 3. The molecular weight excluding hydrogens is 363 g/mol. The smallest absolute Gasteiger partial charge is 0.354 e. The zero-order valence-electron chi connectivity index (χ0n) is 14.5. The lowest BCUT2D eigenvalue weighted by atomic mass is 10.1. The summed E-state index contributed by atoms with van der Waals surface area (Å²) in [5, 5.41) is 2.62. The van der Waals surface area contributed by atoms with Gasteiger partial charge in [0.1, 0.15) is 6.04 Å². The van der Waals surface area contributed by atoms with Crippen LogP contribution in [-0.4, -0.2) is 54.5 Å². The third-order valence-electron chi connectivity index (χ3n) is 4.90. The van der Waals surface area contributed by atoms with Crippen LogP contribution in [0, 0.1) is 5.92 Å². The van der Waals surface area contributed by atoms with Gasteiger partial charge < -0.3 is 15.1 Å². The molecule has 3 amide bonds. The van der Waals surface area contributed by atoms with Crippen molar-refractivity contribution in [3.8, 4) is 0 Å². The van der Waals surface area contributed by atoms with E-state index in [0.717, 1.165) is 5.69 Å². The van der Waals surface area contributed by atoms with Crippen LogP contribution in [0.1, 0.15) is 19.3 Å². The molecule has 2 atom stereocenters. The van der Waals surface area contributed by atoms with Crippen molar-refractivity contribution in [3.63, 3.8) is 0 Å². The van der Waals surface area contributed by atoms with Crippen LogP contribution >= 0.6 is 0 Å². The molecule has 0 aromatic heterocycles. The van der Waals surface area contributed by atoms with Crippen LogP contribution in [0.25, 0.3) is 0 Å². The molecule has 0 bridgehead atoms. The number of rotatable bonds is 4. The second-order valence-electron chi connectivity index (χ2n) is 6.81. The van der Waals surface area contributed by atoms with E-state index in [1.807, 2.05) is 30.3 Å². The first-order chi connectivity index (χ1) is 12.8. The molecule has 1 aromatic rings. The molecule has 2 saturated heterocycles. The molecule has 9 heteroatoms. The van der Waals surface area contributed by atoms with Crippen molar-refractivity contribution in [3.05, 3.63) is 30.3 Å². The summed E-state index contributed by atoms with van der Waals surface area (Å²) >= 11 is 0. The lowest BCUT2D eigenvalue weighted by Crippen LogP contribution is -2.50. The van der Waals surface area contributed by atoms with Crippen molar-refractivity contribution >= 4 is 23.4 Å². The molecule has 2 aliphatic heterocycles. The quantitative estimate of drug-likeness (QED) is 0.861. The monoisotopic (exact) mass is 383 g/mol. The minimum absolute atomic E-state index is 0.0600. The van der Waals surface area contributed by atoms with Gasteiger partial charge in [0.15, 0.2) is 0 Å². The average molecular weight is 383 g/mol. The van der Waals surface area contributed by atoms with E-state index >= 15 is 0 Å². The maximum Gasteiger partial charge on any atom is 0.471 e. The van der Waals surface area contributed by atoms with Crippen LogP contribution in [0.5, 0.6) is 0 Å². The number of amides is 3. The van der Waals surface area contributed by atoms with Gasteiger partial charge in [-0.15, -0.1) is 0 Å². The first-order valence-corrected chi connectivity index (χ1v) is 8.78. The zero-order chi connectivity index (χ0) is 19.6. The highest BCUT2D eigenvalue weighted by molar-refractivity contribution is 5.96. The van der Waals surface area contributed by atoms with Gasteiger partial charge in [0.2, 0.25) is 11.8 Å². The summed E-state index contributed by atoms with van der Waals surface area (Å²) in [7, 11) is 0. The molecule has 0 radical (unpaired) electrons. The number of halogens is 3. The van der Waals surface area contributed by atoms with E-state index in [-0.39, 0.29) is 37.8 Å². The van der Waals surface area contributed by atoms with E-state index in [0.29, 0.717) is 17.9 Å². The van der Waals surface area contributed by atoms with Crippen LogP contribution in [0.2, 0.25) is 0 Å². The maximum atomic E-state index is 12.7. The second kappa shape index (κ2) is 7.58. The fourth-order valence-corrected chi connectivity index (χ4v) is 3.58. The molecule has 1 N–H and O–H groups in total. The molecule has 146 valence electrons. The van der Waals surface area contributed by atoms with Gasteiger partial charge in [-0.1, -0.05) is 18.2 Å². The van der Waals surface area contributed by atoms with E-state index < -0.39 is 24.0 Å². The average Bonchev–Trinajstić information content (AvgIpc) is 3.25. The summed E-state index contributed by atoms with van der Waals surface area (Å²) in [4.78, 5) is 38.2. The second-order valence-corrected chi connectivity index (χ2v) is 6.81. The Morgan fingerprint density at radius 2 is 1.89 bits per heavy atom. The van der Waals surface area contributed by atoms with Gasteiger partial charge >= 0.3 is 12.1 Å². The summed E-state index contributed by atoms with van der Waals surface area (Å²) < 4.78 is 38.0. The Kier molecular flexibility index (Phi) is 5.38. The van der Waals surface area contributed by atoms with E-state index in [1.165, 1.54) is 0 Å². The van der Waals surface area contributed by atoms with Crippen molar-refractivity contribution in [2.24, 2.45) is 5.92 Å². The van der Waals surface area contributed by atoms with E-state index in [4.69, 9.17) is 0 Å². The van der Waals surface area contributed by atoms with E-state index in [1.54, 1.807) is 4.90 Å². The zero-order valence-corrected chi connectivity index (χ0v) is 14.5. The first-order valence-electron chi connectivity index (χ1n) is 8.78. The topological polar surface area (TPSA) is 69.7 Å². The predicted molar refractivity (Wildman–Crippen MR) is 90.7 cm³/mol. The Morgan fingerprint density at radius 1 is 1.19 bits per heavy atom. The normalized spacial score (nSPS) is 23.0. The predicted octanol–water partition coefficient (Wildman–Crippen LogP) is 1.71. The maximum absolute atomic E-state index is 12.7. The lowest BCUT2D eigenvalue weighted by molar-refractivity contribution is -0.186. The van der Waals surface area contributed by atoms with Gasteiger partial charge in [0.25, 0.3) is 0 Å². The molecular formula is C18H20F3N3O3. The number of nitrogens with one attached hydrogen (secondary N) is 1. The van der Waals surface area contributed by atoms with Crippen LogP contribution in [0.4, 0.5) is 18.9 Å². The number of nitrogens with zero attached hydrogens (tertiary/aromatic N) is 2. The molecule has 0 saturated carbocycles. The number of benzene rings is 1. The molecule has 2 aliphatic rings. The van der Waals surface area contributed by atoms with Crippen molar-refractivity contribution in [1.82, 2.24) is 10.2 Å². The summed E-state index contributed by atoms with van der Waals surface area (Å²) in [6, 6.07) is 8.02. The van der Waals surface area contributed by atoms with Gasteiger partial charge in [0, 0.05) is 37.7 Å². The van der Waals surface area contributed by atoms with Crippen molar-refractivity contribution < 1.29 is 27.6 Å². The van der Waals surface area contributed by atoms with Crippen molar-refractivity contribution in [2.45, 2.75) is 31.5 Å². The molecule has 0 spiro atoms. The fourth-order valence-electron chi connectivity index (χ4n) is 3.58. The molecule has 0 aliphatic carbocycles. The molecule has 3 rings (SSSR count). The van der Waals surface area contributed by atoms with Crippen LogP contribution < -0.4 is 10.2 Å². The lowest BCUT2D eigenvalue weighted by Gasteiger charge is -2.25. The number of para-hydroxylation sites is 1. The highest BCUT2D eigenvalue weighted by atomic mass is 19.4. The van der Waals surface area contributed by atoms with Gasteiger partial charge in [-0.3, -0.25) is 14.4 Å². The number of likely N-dealkylation sites (tertiary alicyclic amines) is 1. The van der Waals surface area contributed by atoms with Crippen LogP contribution in [0.15, 0.2) is 30.3 Å². The Hall–Kier alpha value is -2.58. The van der Waals surface area contributed by atoms with Gasteiger partial charge in [0.05, 0.1) is 0 Å². The molecule has 27 heavy (non-hydrogen) atoms. The largest absolute Gasteiger partial charge is 0.471 e. The summed E-state index contributed by atoms with van der Waals surface area (Å²) in [5.74, 6) is -2.77. The van der Waals surface area contributed by atoms with Crippen molar-refractivity contribution in [1.29, 1.82) is 0 Å². The molecule has 2 heterocycles. The molecule has 2 fully saturated rings. The molecule has 2 unspecified atom stereocenters. The van der Waals surface area contributed by atoms with Crippen molar-refractivity contribution in [2.75, 3.05) is 24.5 Å². The van der Waals surface area contributed by atoms with Gasteiger partial charge in [-0.05, 0) is 25.0 Å². The minimum atomic E-state index is -4.99. The number of anilines is 1. The van der Waals surface area contributed by atoms with Gasteiger partial charge in [-0.25, -0.2) is 0 Å². The highest BCUT2D eigenvalue weighted by Gasteiger charge is 2.47. The standard InChI is InChI=1S/C18H20F3N3O3/c19-18(20,21)17(27)23-8-4-7-14(23)16(26)22-10-12-9-15(25)24(11-12)13-5-2-1-3-6-13/h1-3,5-6,12,14H,4,7-11H2,(H,22,26). The number of hydrogen-bond acceptors (Lipinski definition) is 3. The Balaban J connectivity index is 1.55. The van der Waals surface area contributed by atoms with Crippen LogP contribution in [0.3, 0.4) is 0 Å².